The zero-order chi connectivity index (χ0) is 38.9. The van der Waals surface area contributed by atoms with Gasteiger partial charge < -0.3 is 4.42 Å². The fourth-order valence-corrected chi connectivity index (χ4v) is 9.04. The summed E-state index contributed by atoms with van der Waals surface area (Å²) in [6.45, 7) is 0. The second-order valence-electron chi connectivity index (χ2n) is 15.1. The zero-order valence-corrected chi connectivity index (χ0v) is 31.8. The standard InChI is InChI=1S/C55H33N3O/c1-3-18-36-34(14-1)16-11-25-38(36)44-30-32-48(42-22-7-5-20-40(42)44)53-56-54(58-55(57-53)50-28-13-27-47-46-24-9-10-29-51(46)59-52(47)50)49-33-31-45(41-21-6-8-23-43(41)49)39-26-12-17-35-15-2-4-19-37(35)39/h1-33H. The minimum absolute atomic E-state index is 0.555. The molecule has 4 heteroatoms. The van der Waals surface area contributed by atoms with E-state index in [0.717, 1.165) is 71.3 Å². The molecule has 10 aromatic carbocycles. The molecule has 0 atom stereocenters. The molecule has 0 spiro atoms. The molecule has 12 rings (SSSR count). The van der Waals surface area contributed by atoms with Crippen molar-refractivity contribution in [3.05, 3.63) is 200 Å². The molecule has 0 saturated heterocycles. The molecule has 2 heterocycles. The van der Waals surface area contributed by atoms with Crippen molar-refractivity contribution in [2.24, 2.45) is 0 Å². The third-order valence-corrected chi connectivity index (χ3v) is 11.8. The smallest absolute Gasteiger partial charge is 0.167 e. The molecule has 0 bridgehead atoms. The normalized spacial score (nSPS) is 11.7. The summed E-state index contributed by atoms with van der Waals surface area (Å²) in [5.74, 6) is 1.75. The van der Waals surface area contributed by atoms with E-state index in [1.165, 1.54) is 32.7 Å². The van der Waals surface area contributed by atoms with Crippen LogP contribution in [0.25, 0.3) is 121 Å². The highest BCUT2D eigenvalue weighted by Crippen LogP contribution is 2.42. The summed E-state index contributed by atoms with van der Waals surface area (Å²) in [6.07, 6.45) is 0. The van der Waals surface area contributed by atoms with Crippen molar-refractivity contribution in [1.29, 1.82) is 0 Å². The Hall–Kier alpha value is -7.95. The van der Waals surface area contributed by atoms with Gasteiger partial charge in [-0.3, -0.25) is 0 Å². The van der Waals surface area contributed by atoms with E-state index >= 15 is 0 Å². The molecule has 12 aromatic rings. The molecular formula is C55H33N3O. The molecule has 0 unspecified atom stereocenters. The Morgan fingerprint density at radius 1 is 0.237 bits per heavy atom. The lowest BCUT2D eigenvalue weighted by atomic mass is 9.91. The summed E-state index contributed by atoms with van der Waals surface area (Å²) in [5, 5.41) is 11.3. The summed E-state index contributed by atoms with van der Waals surface area (Å²) >= 11 is 0. The molecule has 0 aliphatic heterocycles. The Balaban J connectivity index is 1.12. The van der Waals surface area contributed by atoms with Gasteiger partial charge in [-0.2, -0.15) is 0 Å². The summed E-state index contributed by atoms with van der Waals surface area (Å²) in [7, 11) is 0. The van der Waals surface area contributed by atoms with Gasteiger partial charge in [0.05, 0.1) is 5.56 Å². The van der Waals surface area contributed by atoms with Crippen LogP contribution in [0.3, 0.4) is 0 Å². The van der Waals surface area contributed by atoms with E-state index in [1.54, 1.807) is 0 Å². The lowest BCUT2D eigenvalue weighted by molar-refractivity contribution is 0.669. The maximum atomic E-state index is 6.57. The molecule has 4 nitrogen and oxygen atoms in total. The zero-order valence-electron chi connectivity index (χ0n) is 31.8. The second kappa shape index (κ2) is 13.3. The van der Waals surface area contributed by atoms with Crippen LogP contribution in [0.5, 0.6) is 0 Å². The summed E-state index contributed by atoms with van der Waals surface area (Å²) in [4.78, 5) is 16.0. The predicted molar refractivity (Wildman–Crippen MR) is 244 cm³/mol. The number of benzene rings is 10. The van der Waals surface area contributed by atoms with Crippen LogP contribution in [0, 0.1) is 0 Å². The van der Waals surface area contributed by atoms with Crippen molar-refractivity contribution in [2.45, 2.75) is 0 Å². The molecule has 0 fully saturated rings. The van der Waals surface area contributed by atoms with Crippen LogP contribution in [0.2, 0.25) is 0 Å². The number of rotatable bonds is 5. The molecule has 59 heavy (non-hydrogen) atoms. The Morgan fingerprint density at radius 2 is 0.576 bits per heavy atom. The first kappa shape index (κ1) is 33.2. The van der Waals surface area contributed by atoms with Crippen molar-refractivity contribution in [1.82, 2.24) is 15.0 Å². The van der Waals surface area contributed by atoms with E-state index in [1.807, 2.05) is 18.2 Å². The van der Waals surface area contributed by atoms with Crippen LogP contribution in [-0.4, -0.2) is 15.0 Å². The molecule has 0 aliphatic rings. The summed E-state index contributed by atoms with van der Waals surface area (Å²) in [6, 6.07) is 70.5. The van der Waals surface area contributed by atoms with Gasteiger partial charge in [0.25, 0.3) is 0 Å². The number of hydrogen-bond acceptors (Lipinski definition) is 4. The van der Waals surface area contributed by atoms with Crippen LogP contribution >= 0.6 is 0 Å². The van der Waals surface area contributed by atoms with E-state index in [4.69, 9.17) is 19.4 Å². The van der Waals surface area contributed by atoms with E-state index in [2.05, 4.69) is 182 Å². The first-order valence-corrected chi connectivity index (χ1v) is 19.9. The van der Waals surface area contributed by atoms with E-state index in [0.29, 0.717) is 17.5 Å². The van der Waals surface area contributed by atoms with E-state index in [9.17, 15) is 0 Å². The van der Waals surface area contributed by atoms with Crippen molar-refractivity contribution < 1.29 is 4.42 Å². The van der Waals surface area contributed by atoms with Gasteiger partial charge in [-0.05, 0) is 89.6 Å². The molecule has 274 valence electrons. The number of nitrogens with zero attached hydrogens (tertiary/aromatic N) is 3. The molecule has 0 saturated carbocycles. The fraction of sp³-hybridized carbons (Fsp3) is 0. The lowest BCUT2D eigenvalue weighted by Crippen LogP contribution is -2.01. The van der Waals surface area contributed by atoms with Gasteiger partial charge in [0.2, 0.25) is 0 Å². The maximum Gasteiger partial charge on any atom is 0.167 e. The number of para-hydroxylation sites is 2. The Morgan fingerprint density at radius 3 is 1.12 bits per heavy atom. The minimum atomic E-state index is 0.555. The molecule has 0 radical (unpaired) electrons. The highest BCUT2D eigenvalue weighted by atomic mass is 16.3. The van der Waals surface area contributed by atoms with Crippen LogP contribution in [0.4, 0.5) is 0 Å². The highest BCUT2D eigenvalue weighted by molar-refractivity contribution is 6.12. The predicted octanol–water partition coefficient (Wildman–Crippen LogP) is 14.7. The van der Waals surface area contributed by atoms with Crippen molar-refractivity contribution in [2.75, 3.05) is 0 Å². The van der Waals surface area contributed by atoms with E-state index in [-0.39, 0.29) is 0 Å². The van der Waals surface area contributed by atoms with Crippen molar-refractivity contribution in [3.63, 3.8) is 0 Å². The number of furan rings is 1. The van der Waals surface area contributed by atoms with E-state index < -0.39 is 0 Å². The molecular weight excluding hydrogens is 719 g/mol. The molecule has 0 aliphatic carbocycles. The fourth-order valence-electron chi connectivity index (χ4n) is 9.04. The number of aromatic nitrogens is 3. The average Bonchev–Trinajstić information content (AvgIpc) is 3.69. The quantitative estimate of drug-likeness (QED) is 0.176. The largest absolute Gasteiger partial charge is 0.455 e. The van der Waals surface area contributed by atoms with Crippen molar-refractivity contribution in [3.8, 4) is 56.4 Å². The average molecular weight is 752 g/mol. The Labute approximate surface area is 339 Å². The highest BCUT2D eigenvalue weighted by Gasteiger charge is 2.21. The summed E-state index contributed by atoms with van der Waals surface area (Å²) < 4.78 is 6.57. The van der Waals surface area contributed by atoms with Crippen LogP contribution < -0.4 is 0 Å². The number of hydrogen-bond donors (Lipinski definition) is 0. The monoisotopic (exact) mass is 751 g/mol. The van der Waals surface area contributed by atoms with Gasteiger partial charge in [-0.1, -0.05) is 176 Å². The Bertz CT molecular complexity index is 3450. The lowest BCUT2D eigenvalue weighted by Gasteiger charge is -2.16. The Kier molecular flexibility index (Phi) is 7.50. The van der Waals surface area contributed by atoms with Gasteiger partial charge in [0, 0.05) is 21.9 Å². The number of fused-ring (bicyclic) bond motifs is 7. The maximum absolute atomic E-state index is 6.57. The minimum Gasteiger partial charge on any atom is -0.455 e. The van der Waals surface area contributed by atoms with Crippen molar-refractivity contribution >= 4 is 65.0 Å². The molecule has 2 aromatic heterocycles. The SMILES string of the molecule is c1ccc2c(-c3ccc(-c4nc(-c5ccc(-c6cccc7ccccc67)c6ccccc56)nc(-c5cccc6c5oc5ccccc56)n4)c4ccccc34)cccc2c1. The first-order valence-electron chi connectivity index (χ1n) is 19.9. The second-order valence-corrected chi connectivity index (χ2v) is 15.1. The van der Waals surface area contributed by atoms with Gasteiger partial charge in [-0.25, -0.2) is 15.0 Å². The van der Waals surface area contributed by atoms with Crippen LogP contribution in [-0.2, 0) is 0 Å². The summed E-state index contributed by atoms with van der Waals surface area (Å²) in [5.41, 5.74) is 8.98. The van der Waals surface area contributed by atoms with Gasteiger partial charge in [0.1, 0.15) is 11.2 Å². The first-order chi connectivity index (χ1) is 29.3. The third kappa shape index (κ3) is 5.34. The van der Waals surface area contributed by atoms with Gasteiger partial charge in [0.15, 0.2) is 17.5 Å². The van der Waals surface area contributed by atoms with Gasteiger partial charge >= 0.3 is 0 Å². The molecule has 0 amide bonds. The third-order valence-electron chi connectivity index (χ3n) is 11.8. The van der Waals surface area contributed by atoms with Gasteiger partial charge in [-0.15, -0.1) is 0 Å². The topological polar surface area (TPSA) is 51.8 Å². The van der Waals surface area contributed by atoms with Crippen LogP contribution in [0.15, 0.2) is 205 Å². The molecule has 0 N–H and O–H groups in total. The van der Waals surface area contributed by atoms with Crippen LogP contribution in [0.1, 0.15) is 0 Å².